The van der Waals surface area contributed by atoms with Crippen LogP contribution in [0.1, 0.15) is 39.6 Å². The first-order valence-electron chi connectivity index (χ1n) is 9.83. The molecule has 4 nitrogen and oxygen atoms in total. The molecule has 0 radical (unpaired) electrons. The monoisotopic (exact) mass is 384 g/mol. The van der Waals surface area contributed by atoms with Crippen LogP contribution in [0.4, 0.5) is 5.82 Å². The third-order valence-corrected chi connectivity index (χ3v) is 5.32. The fourth-order valence-electron chi connectivity index (χ4n) is 3.73. The number of benzene rings is 2. The van der Waals surface area contributed by atoms with E-state index < -0.39 is 0 Å². The van der Waals surface area contributed by atoms with E-state index in [1.807, 2.05) is 43.5 Å². The number of anilines is 1. The Bertz CT molecular complexity index is 1200. The van der Waals surface area contributed by atoms with Gasteiger partial charge in [0.15, 0.2) is 0 Å². The van der Waals surface area contributed by atoms with Crippen molar-refractivity contribution < 1.29 is 10.1 Å². The summed E-state index contributed by atoms with van der Waals surface area (Å²) in [5.74, 6) is 1.12. The van der Waals surface area contributed by atoms with Crippen LogP contribution in [0.3, 0.4) is 0 Å². The highest BCUT2D eigenvalue weighted by Crippen LogP contribution is 2.37. The number of phenolic OH excluding ortho intramolecular Hbond substituents is 1. The van der Waals surface area contributed by atoms with Crippen molar-refractivity contribution in [3.05, 3.63) is 94.3 Å². The largest absolute Gasteiger partial charge is 0.505 e. The van der Waals surface area contributed by atoms with Crippen molar-refractivity contribution in [2.45, 2.75) is 33.7 Å². The number of aryl methyl sites for hydroxylation is 4. The van der Waals surface area contributed by atoms with Gasteiger partial charge >= 0.3 is 0 Å². The normalized spacial score (nSPS) is 12.1. The molecule has 0 bridgehead atoms. The molecule has 4 rings (SSSR count). The molecular formula is C25H26N3O+. The smallest absolute Gasteiger partial charge is 0.273 e. The minimum Gasteiger partial charge on any atom is -0.505 e. The fourth-order valence-corrected chi connectivity index (χ4v) is 3.73. The maximum absolute atomic E-state index is 11.2. The molecule has 0 spiro atoms. The Morgan fingerprint density at radius 1 is 0.862 bits per heavy atom. The molecule has 0 aliphatic rings. The predicted octanol–water partition coefficient (Wildman–Crippen LogP) is 5.19. The van der Waals surface area contributed by atoms with Gasteiger partial charge in [-0.2, -0.15) is 0 Å². The van der Waals surface area contributed by atoms with Gasteiger partial charge in [0.25, 0.3) is 5.82 Å². The summed E-state index contributed by atoms with van der Waals surface area (Å²) >= 11 is 0. The standard InChI is InChI=1S/C25H25N3O/c1-15-5-6-17(3)21(13-15)24(28-22-14-16(2)11-12-26-22)20-10-9-19-8-7-18(4)27-23(19)25(20)29/h5-14,24,29H,1-4H3,(H,26,28)/p+1. The van der Waals surface area contributed by atoms with Crippen LogP contribution in [-0.2, 0) is 0 Å². The van der Waals surface area contributed by atoms with Gasteiger partial charge < -0.3 is 5.11 Å². The quantitative estimate of drug-likeness (QED) is 0.509. The first-order valence-corrected chi connectivity index (χ1v) is 9.83. The zero-order valence-electron chi connectivity index (χ0n) is 17.2. The Morgan fingerprint density at radius 3 is 2.41 bits per heavy atom. The van der Waals surface area contributed by atoms with Crippen molar-refractivity contribution in [3.8, 4) is 5.75 Å². The average molecular weight is 385 g/mol. The Balaban J connectivity index is 1.91. The van der Waals surface area contributed by atoms with Crippen molar-refractivity contribution in [2.24, 2.45) is 0 Å². The first kappa shape index (κ1) is 18.9. The van der Waals surface area contributed by atoms with E-state index in [0.29, 0.717) is 5.52 Å². The fraction of sp³-hybridized carbons (Fsp3) is 0.200. The summed E-state index contributed by atoms with van der Waals surface area (Å²) < 4.78 is 0. The summed E-state index contributed by atoms with van der Waals surface area (Å²) in [6.45, 7) is 8.19. The van der Waals surface area contributed by atoms with Gasteiger partial charge in [0.1, 0.15) is 17.3 Å². The van der Waals surface area contributed by atoms with Crippen molar-refractivity contribution in [1.29, 1.82) is 0 Å². The Hall–Kier alpha value is -3.40. The highest BCUT2D eigenvalue weighted by molar-refractivity contribution is 5.86. The number of aromatic amines is 1. The molecule has 0 aliphatic heterocycles. The second-order valence-electron chi connectivity index (χ2n) is 7.74. The number of hydrogen-bond acceptors (Lipinski definition) is 3. The Labute approximate surface area is 171 Å². The lowest BCUT2D eigenvalue weighted by Crippen LogP contribution is -2.20. The summed E-state index contributed by atoms with van der Waals surface area (Å²) in [6.07, 6.45) is 1.92. The van der Waals surface area contributed by atoms with E-state index in [0.717, 1.165) is 39.2 Å². The van der Waals surface area contributed by atoms with Crippen molar-refractivity contribution in [2.75, 3.05) is 5.32 Å². The van der Waals surface area contributed by atoms with Gasteiger partial charge in [0.05, 0.1) is 6.20 Å². The lowest BCUT2D eigenvalue weighted by molar-refractivity contribution is -0.361. The number of nitrogens with zero attached hydrogens (tertiary/aromatic N) is 1. The molecule has 0 fully saturated rings. The summed E-state index contributed by atoms with van der Waals surface area (Å²) in [6, 6.07) is 18.3. The number of aromatic hydroxyl groups is 1. The van der Waals surface area contributed by atoms with E-state index in [-0.39, 0.29) is 11.8 Å². The highest BCUT2D eigenvalue weighted by Gasteiger charge is 2.26. The number of aromatic nitrogens is 2. The van der Waals surface area contributed by atoms with E-state index in [4.69, 9.17) is 0 Å². The maximum atomic E-state index is 11.2. The number of fused-ring (bicyclic) bond motifs is 1. The Kier molecular flexibility index (Phi) is 4.93. The molecule has 2 aromatic carbocycles. The summed E-state index contributed by atoms with van der Waals surface area (Å²) in [4.78, 5) is 7.86. The molecule has 1 unspecified atom stereocenters. The van der Waals surface area contributed by atoms with Gasteiger partial charge in [0, 0.05) is 28.3 Å². The van der Waals surface area contributed by atoms with Gasteiger partial charge in [-0.25, -0.2) is 9.97 Å². The zero-order chi connectivity index (χ0) is 20.5. The number of nitrogens with one attached hydrogen (secondary N) is 2. The number of hydrogen-bond donors (Lipinski definition) is 2. The molecule has 29 heavy (non-hydrogen) atoms. The minimum atomic E-state index is -0.223. The molecule has 4 heteroatoms. The molecule has 0 saturated carbocycles. The zero-order valence-corrected chi connectivity index (χ0v) is 17.2. The van der Waals surface area contributed by atoms with E-state index in [9.17, 15) is 5.11 Å². The number of H-pyrrole nitrogens is 1. The predicted molar refractivity (Wildman–Crippen MR) is 117 cm³/mol. The van der Waals surface area contributed by atoms with Gasteiger partial charge in [-0.05, 0) is 57.0 Å². The lowest BCUT2D eigenvalue weighted by Gasteiger charge is -2.20. The van der Waals surface area contributed by atoms with Crippen LogP contribution in [0.15, 0.2) is 60.8 Å². The molecular weight excluding hydrogens is 358 g/mol. The van der Waals surface area contributed by atoms with Crippen LogP contribution in [0.5, 0.6) is 5.75 Å². The van der Waals surface area contributed by atoms with Crippen molar-refractivity contribution in [3.63, 3.8) is 0 Å². The summed E-state index contributed by atoms with van der Waals surface area (Å²) in [5, 5.41) is 15.7. The molecule has 0 saturated heterocycles. The molecule has 2 heterocycles. The molecule has 0 amide bonds. The second-order valence-corrected chi connectivity index (χ2v) is 7.74. The third-order valence-electron chi connectivity index (χ3n) is 5.32. The summed E-state index contributed by atoms with van der Waals surface area (Å²) in [7, 11) is 0. The van der Waals surface area contributed by atoms with Gasteiger partial charge in [0.2, 0.25) is 0 Å². The SMILES string of the molecule is Cc1cc[nH+]c(NC(c2cc(C)ccc2C)c2ccc3ccc(C)nc3c2O)c1. The maximum Gasteiger partial charge on any atom is 0.273 e. The molecule has 2 aromatic heterocycles. The van der Waals surface area contributed by atoms with Crippen LogP contribution >= 0.6 is 0 Å². The van der Waals surface area contributed by atoms with Gasteiger partial charge in [-0.3, -0.25) is 5.32 Å². The van der Waals surface area contributed by atoms with Crippen LogP contribution in [0, 0.1) is 27.7 Å². The number of phenols is 1. The molecule has 1 atom stereocenters. The van der Waals surface area contributed by atoms with E-state index in [1.54, 1.807) is 0 Å². The topological polar surface area (TPSA) is 59.3 Å². The molecule has 0 aliphatic carbocycles. The van der Waals surface area contributed by atoms with Crippen LogP contribution in [0.25, 0.3) is 10.9 Å². The van der Waals surface area contributed by atoms with Gasteiger partial charge in [-0.1, -0.05) is 35.9 Å². The van der Waals surface area contributed by atoms with Crippen LogP contribution in [0.2, 0.25) is 0 Å². The second kappa shape index (κ2) is 7.55. The van der Waals surface area contributed by atoms with E-state index in [2.05, 4.69) is 60.3 Å². The molecule has 4 aromatic rings. The van der Waals surface area contributed by atoms with Crippen LogP contribution < -0.4 is 10.3 Å². The van der Waals surface area contributed by atoms with Crippen LogP contribution in [-0.4, -0.2) is 10.1 Å². The first-order chi connectivity index (χ1) is 13.9. The highest BCUT2D eigenvalue weighted by atomic mass is 16.3. The molecule has 146 valence electrons. The van der Waals surface area contributed by atoms with Gasteiger partial charge in [-0.15, -0.1) is 0 Å². The lowest BCUT2D eigenvalue weighted by atomic mass is 9.92. The van der Waals surface area contributed by atoms with Crippen molar-refractivity contribution >= 4 is 16.7 Å². The third kappa shape index (κ3) is 3.79. The number of rotatable bonds is 4. The Morgan fingerprint density at radius 2 is 1.62 bits per heavy atom. The van der Waals surface area contributed by atoms with Crippen molar-refractivity contribution in [1.82, 2.24) is 4.98 Å². The summed E-state index contributed by atoms with van der Waals surface area (Å²) in [5.41, 5.74) is 6.95. The minimum absolute atomic E-state index is 0.220. The molecule has 3 N–H and O–H groups in total. The van der Waals surface area contributed by atoms with E-state index >= 15 is 0 Å². The van der Waals surface area contributed by atoms with E-state index in [1.165, 1.54) is 5.56 Å². The number of pyridine rings is 2. The average Bonchev–Trinajstić information content (AvgIpc) is 2.69.